The molecule has 0 bridgehead atoms. The van der Waals surface area contributed by atoms with Gasteiger partial charge in [-0.15, -0.1) is 0 Å². The van der Waals surface area contributed by atoms with Crippen molar-refractivity contribution in [1.82, 2.24) is 5.32 Å². The van der Waals surface area contributed by atoms with Crippen molar-refractivity contribution < 1.29 is 19.0 Å². The Morgan fingerprint density at radius 1 is 1.12 bits per heavy atom. The zero-order valence-electron chi connectivity index (χ0n) is 15.4. The number of methoxy groups -OCH3 is 2. The second kappa shape index (κ2) is 8.92. The van der Waals surface area contributed by atoms with Gasteiger partial charge < -0.3 is 19.5 Å². The van der Waals surface area contributed by atoms with Crippen LogP contribution in [0.2, 0.25) is 5.02 Å². The van der Waals surface area contributed by atoms with Crippen molar-refractivity contribution in [1.29, 1.82) is 0 Å². The molecule has 0 aliphatic heterocycles. The molecule has 0 radical (unpaired) electrons. The lowest BCUT2D eigenvalue weighted by Gasteiger charge is -2.27. The van der Waals surface area contributed by atoms with Gasteiger partial charge in [0.05, 0.1) is 7.11 Å². The average Bonchev–Trinajstić information content (AvgIpc) is 2.64. The van der Waals surface area contributed by atoms with Crippen LogP contribution in [0.1, 0.15) is 25.5 Å². The van der Waals surface area contributed by atoms with Crippen molar-refractivity contribution in [2.45, 2.75) is 25.6 Å². The predicted molar refractivity (Wildman–Crippen MR) is 102 cm³/mol. The van der Waals surface area contributed by atoms with Crippen molar-refractivity contribution in [2.75, 3.05) is 20.8 Å². The Labute approximate surface area is 159 Å². The lowest BCUT2D eigenvalue weighted by Crippen LogP contribution is -2.47. The van der Waals surface area contributed by atoms with Crippen molar-refractivity contribution in [3.05, 3.63) is 59.1 Å². The molecule has 1 atom stereocenters. The molecule has 0 heterocycles. The summed E-state index contributed by atoms with van der Waals surface area (Å²) in [5, 5.41) is 3.50. The lowest BCUT2D eigenvalue weighted by molar-refractivity contribution is -0.134. The number of rotatable bonds is 8. The Morgan fingerprint density at radius 3 is 2.38 bits per heavy atom. The van der Waals surface area contributed by atoms with E-state index < -0.39 is 5.60 Å². The monoisotopic (exact) mass is 377 g/mol. The molecule has 6 heteroatoms. The van der Waals surface area contributed by atoms with Gasteiger partial charge in [-0.25, -0.2) is 0 Å². The Bertz CT molecular complexity index is 731. The van der Waals surface area contributed by atoms with Crippen LogP contribution in [-0.2, 0) is 9.53 Å². The van der Waals surface area contributed by atoms with Crippen LogP contribution in [0, 0.1) is 0 Å². The number of hydrogen-bond acceptors (Lipinski definition) is 4. The summed E-state index contributed by atoms with van der Waals surface area (Å²) in [4.78, 5) is 12.6. The number of ether oxygens (including phenoxy) is 3. The van der Waals surface area contributed by atoms with Crippen LogP contribution >= 0.6 is 11.6 Å². The number of carbonyl (C=O) groups excluding carboxylic acids is 1. The predicted octanol–water partition coefficient (Wildman–Crippen LogP) is 4.01. The van der Waals surface area contributed by atoms with Gasteiger partial charge in [-0.2, -0.15) is 0 Å². The third-order valence-corrected chi connectivity index (χ3v) is 4.20. The highest BCUT2D eigenvalue weighted by Crippen LogP contribution is 2.27. The van der Waals surface area contributed by atoms with E-state index in [4.69, 9.17) is 25.8 Å². The summed E-state index contributed by atoms with van der Waals surface area (Å²) in [6, 6.07) is 14.4. The van der Waals surface area contributed by atoms with Crippen LogP contribution < -0.4 is 14.8 Å². The normalized spacial score (nSPS) is 12.3. The molecule has 2 rings (SSSR count). The van der Waals surface area contributed by atoms with Crippen LogP contribution in [-0.4, -0.2) is 32.3 Å². The molecule has 2 aromatic carbocycles. The molecule has 1 N–H and O–H groups in total. The van der Waals surface area contributed by atoms with E-state index in [1.807, 2.05) is 24.3 Å². The third-order valence-electron chi connectivity index (χ3n) is 3.95. The fourth-order valence-corrected chi connectivity index (χ4v) is 2.62. The highest BCUT2D eigenvalue weighted by atomic mass is 35.5. The van der Waals surface area contributed by atoms with E-state index in [1.54, 1.807) is 52.3 Å². The van der Waals surface area contributed by atoms with E-state index in [0.29, 0.717) is 23.1 Å². The average molecular weight is 378 g/mol. The minimum atomic E-state index is -1.05. The quantitative estimate of drug-likeness (QED) is 0.755. The number of amides is 1. The molecule has 5 nitrogen and oxygen atoms in total. The van der Waals surface area contributed by atoms with Crippen LogP contribution in [0.4, 0.5) is 0 Å². The Balaban J connectivity index is 2.02. The number of benzene rings is 2. The van der Waals surface area contributed by atoms with Gasteiger partial charge in [-0.1, -0.05) is 29.8 Å². The molecular weight excluding hydrogens is 354 g/mol. The molecule has 0 aliphatic rings. The maximum Gasteiger partial charge on any atom is 0.263 e. The van der Waals surface area contributed by atoms with Gasteiger partial charge in [0.1, 0.15) is 17.6 Å². The van der Waals surface area contributed by atoms with Gasteiger partial charge in [0.25, 0.3) is 5.91 Å². The van der Waals surface area contributed by atoms with Crippen molar-refractivity contribution in [2.24, 2.45) is 0 Å². The van der Waals surface area contributed by atoms with E-state index >= 15 is 0 Å². The van der Waals surface area contributed by atoms with E-state index in [2.05, 4.69) is 5.32 Å². The zero-order chi connectivity index (χ0) is 19.2. The van der Waals surface area contributed by atoms with Crippen LogP contribution in [0.5, 0.6) is 11.5 Å². The topological polar surface area (TPSA) is 56.8 Å². The van der Waals surface area contributed by atoms with Crippen molar-refractivity contribution in [3.8, 4) is 11.5 Å². The summed E-state index contributed by atoms with van der Waals surface area (Å²) in [5.74, 6) is 1.04. The number of nitrogens with one attached hydrogen (secondary N) is 1. The van der Waals surface area contributed by atoms with E-state index in [-0.39, 0.29) is 12.0 Å². The molecule has 0 fully saturated rings. The fraction of sp³-hybridized carbons (Fsp3) is 0.350. The molecule has 140 valence electrons. The zero-order valence-corrected chi connectivity index (χ0v) is 16.2. The van der Waals surface area contributed by atoms with Gasteiger partial charge in [0.15, 0.2) is 5.60 Å². The van der Waals surface area contributed by atoms with Crippen molar-refractivity contribution in [3.63, 3.8) is 0 Å². The maximum atomic E-state index is 12.6. The number of hydrogen-bond donors (Lipinski definition) is 1. The summed E-state index contributed by atoms with van der Waals surface area (Å²) >= 11 is 5.87. The lowest BCUT2D eigenvalue weighted by atomic mass is 10.1. The van der Waals surface area contributed by atoms with Gasteiger partial charge in [0, 0.05) is 24.2 Å². The first-order chi connectivity index (χ1) is 12.4. The van der Waals surface area contributed by atoms with Crippen LogP contribution in [0.25, 0.3) is 0 Å². The molecule has 2 aromatic rings. The van der Waals surface area contributed by atoms with Crippen molar-refractivity contribution >= 4 is 17.5 Å². The molecule has 1 unspecified atom stereocenters. The Hall–Kier alpha value is -2.24. The first kappa shape index (κ1) is 20.1. The summed E-state index contributed by atoms with van der Waals surface area (Å²) in [5.41, 5.74) is -0.179. The molecule has 0 aromatic heterocycles. The Morgan fingerprint density at radius 2 is 1.77 bits per heavy atom. The van der Waals surface area contributed by atoms with Gasteiger partial charge in [0.2, 0.25) is 0 Å². The highest BCUT2D eigenvalue weighted by Gasteiger charge is 2.30. The minimum absolute atomic E-state index is 0.246. The molecule has 26 heavy (non-hydrogen) atoms. The van der Waals surface area contributed by atoms with Gasteiger partial charge >= 0.3 is 0 Å². The first-order valence-electron chi connectivity index (χ1n) is 8.26. The molecule has 0 saturated heterocycles. The summed E-state index contributed by atoms with van der Waals surface area (Å²) in [7, 11) is 3.20. The largest absolute Gasteiger partial charge is 0.496 e. The second-order valence-corrected chi connectivity index (χ2v) is 6.68. The van der Waals surface area contributed by atoms with Gasteiger partial charge in [-0.05, 0) is 44.2 Å². The van der Waals surface area contributed by atoms with E-state index in [9.17, 15) is 4.79 Å². The van der Waals surface area contributed by atoms with Crippen LogP contribution in [0.15, 0.2) is 48.5 Å². The standard InChI is InChI=1S/C20H24ClNO4/c1-20(2,26-15-11-9-14(21)10-12-15)19(23)22-13-18(25-4)16-7-5-6-8-17(16)24-3/h5-12,18H,13H2,1-4H3,(H,22,23). The third kappa shape index (κ3) is 5.13. The fourth-order valence-electron chi connectivity index (χ4n) is 2.49. The number of para-hydroxylation sites is 1. The Kier molecular flexibility index (Phi) is 6.89. The molecular formula is C20H24ClNO4. The molecule has 0 spiro atoms. The molecule has 1 amide bonds. The van der Waals surface area contributed by atoms with E-state index in [0.717, 1.165) is 5.56 Å². The summed E-state index contributed by atoms with van der Waals surface area (Å²) in [6.07, 6.45) is -0.332. The van der Waals surface area contributed by atoms with E-state index in [1.165, 1.54) is 0 Å². The van der Waals surface area contributed by atoms with Gasteiger partial charge in [-0.3, -0.25) is 4.79 Å². The summed E-state index contributed by atoms with van der Waals surface area (Å²) in [6.45, 7) is 3.72. The minimum Gasteiger partial charge on any atom is -0.496 e. The number of carbonyl (C=O) groups is 1. The first-order valence-corrected chi connectivity index (χ1v) is 8.63. The number of halogens is 1. The molecule has 0 aliphatic carbocycles. The maximum absolute atomic E-state index is 12.6. The highest BCUT2D eigenvalue weighted by molar-refractivity contribution is 6.30. The SMILES string of the molecule is COc1ccccc1C(CNC(=O)C(C)(C)Oc1ccc(Cl)cc1)OC. The smallest absolute Gasteiger partial charge is 0.263 e. The second-order valence-electron chi connectivity index (χ2n) is 6.24. The molecule has 0 saturated carbocycles. The summed E-state index contributed by atoms with van der Waals surface area (Å²) < 4.78 is 16.7. The van der Waals surface area contributed by atoms with Crippen LogP contribution in [0.3, 0.4) is 0 Å².